The number of hydrogen-bond acceptors (Lipinski definition) is 4. The maximum atomic E-state index is 13.4. The van der Waals surface area contributed by atoms with Gasteiger partial charge in [-0.25, -0.2) is 13.6 Å². The van der Waals surface area contributed by atoms with Crippen molar-refractivity contribution in [2.75, 3.05) is 63.9 Å². The Hall–Kier alpha value is -2.26. The van der Waals surface area contributed by atoms with Gasteiger partial charge in [0.05, 0.1) is 6.61 Å². The molecule has 142 valence electrons. The second kappa shape index (κ2) is 7.96. The lowest BCUT2D eigenvalue weighted by Crippen LogP contribution is -2.52. The zero-order valence-electron chi connectivity index (χ0n) is 14.4. The predicted molar refractivity (Wildman–Crippen MR) is 90.8 cm³/mol. The van der Waals surface area contributed by atoms with Gasteiger partial charge in [-0.15, -0.1) is 0 Å². The second-order valence-electron chi connectivity index (χ2n) is 6.40. The van der Waals surface area contributed by atoms with Gasteiger partial charge in [0.1, 0.15) is 6.54 Å². The van der Waals surface area contributed by atoms with Gasteiger partial charge in [0, 0.05) is 57.6 Å². The highest BCUT2D eigenvalue weighted by Gasteiger charge is 2.32. The SMILES string of the molecule is O=C(CN1CCN(c2ccc(F)c(F)c2)C1=O)N1CCN(CCO)CC1. The van der Waals surface area contributed by atoms with Crippen LogP contribution in [0.2, 0.25) is 0 Å². The molecule has 2 aliphatic rings. The van der Waals surface area contributed by atoms with E-state index < -0.39 is 11.6 Å². The predicted octanol–water partition coefficient (Wildman–Crippen LogP) is 0.343. The van der Waals surface area contributed by atoms with E-state index in [0.717, 1.165) is 12.1 Å². The Bertz CT molecular complexity index is 680. The van der Waals surface area contributed by atoms with Crippen LogP contribution in [0.25, 0.3) is 0 Å². The fraction of sp³-hybridized carbons (Fsp3) is 0.529. The van der Waals surface area contributed by atoms with Gasteiger partial charge in [-0.2, -0.15) is 0 Å². The van der Waals surface area contributed by atoms with Crippen molar-refractivity contribution in [3.63, 3.8) is 0 Å². The minimum absolute atomic E-state index is 0.0288. The molecule has 0 spiro atoms. The average molecular weight is 368 g/mol. The normalized spacial score (nSPS) is 18.7. The Morgan fingerprint density at radius 2 is 1.77 bits per heavy atom. The van der Waals surface area contributed by atoms with E-state index in [1.807, 2.05) is 0 Å². The number of carbonyl (C=O) groups excluding carboxylic acids is 2. The fourth-order valence-electron chi connectivity index (χ4n) is 3.25. The summed E-state index contributed by atoms with van der Waals surface area (Å²) in [5, 5.41) is 8.95. The third-order valence-corrected chi connectivity index (χ3v) is 4.78. The van der Waals surface area contributed by atoms with Gasteiger partial charge in [-0.3, -0.25) is 14.6 Å². The molecular weight excluding hydrogens is 346 g/mol. The summed E-state index contributed by atoms with van der Waals surface area (Å²) in [7, 11) is 0. The second-order valence-corrected chi connectivity index (χ2v) is 6.40. The van der Waals surface area contributed by atoms with Crippen molar-refractivity contribution < 1.29 is 23.5 Å². The molecule has 3 rings (SSSR count). The van der Waals surface area contributed by atoms with Crippen LogP contribution in [0.15, 0.2) is 18.2 Å². The first-order valence-corrected chi connectivity index (χ1v) is 8.62. The summed E-state index contributed by atoms with van der Waals surface area (Å²) in [6, 6.07) is 2.93. The number of rotatable bonds is 5. The van der Waals surface area contributed by atoms with E-state index in [1.165, 1.54) is 15.9 Å². The van der Waals surface area contributed by atoms with Crippen LogP contribution in [0.3, 0.4) is 0 Å². The molecule has 2 saturated heterocycles. The Kier molecular flexibility index (Phi) is 5.67. The van der Waals surface area contributed by atoms with Crippen molar-refractivity contribution >= 4 is 17.6 Å². The van der Waals surface area contributed by atoms with E-state index in [1.54, 1.807) is 4.90 Å². The molecule has 0 aromatic heterocycles. The quantitative estimate of drug-likeness (QED) is 0.814. The summed E-state index contributed by atoms with van der Waals surface area (Å²) in [6.45, 7) is 3.85. The van der Waals surface area contributed by atoms with Crippen molar-refractivity contribution in [1.29, 1.82) is 0 Å². The Balaban J connectivity index is 1.55. The fourth-order valence-corrected chi connectivity index (χ4v) is 3.25. The highest BCUT2D eigenvalue weighted by molar-refractivity contribution is 5.96. The van der Waals surface area contributed by atoms with Gasteiger partial charge in [0.2, 0.25) is 5.91 Å². The summed E-state index contributed by atoms with van der Waals surface area (Å²) in [6.07, 6.45) is 0. The number of hydrogen-bond donors (Lipinski definition) is 1. The van der Waals surface area contributed by atoms with Gasteiger partial charge < -0.3 is 14.9 Å². The first kappa shape index (κ1) is 18.5. The largest absolute Gasteiger partial charge is 0.395 e. The van der Waals surface area contributed by atoms with Crippen molar-refractivity contribution in [3.8, 4) is 0 Å². The third kappa shape index (κ3) is 3.94. The van der Waals surface area contributed by atoms with Crippen LogP contribution in [-0.4, -0.2) is 90.7 Å². The number of nitrogens with zero attached hydrogens (tertiary/aromatic N) is 4. The summed E-state index contributed by atoms with van der Waals surface area (Å²) in [5.74, 6) is -2.10. The summed E-state index contributed by atoms with van der Waals surface area (Å²) < 4.78 is 26.4. The topological polar surface area (TPSA) is 67.3 Å². The van der Waals surface area contributed by atoms with E-state index in [4.69, 9.17) is 5.11 Å². The molecule has 1 aromatic rings. The molecule has 0 atom stereocenters. The Morgan fingerprint density at radius 3 is 2.42 bits per heavy atom. The standard InChI is InChI=1S/C17H22F2N4O3/c18-14-2-1-13(11-15(14)19)23-8-7-22(17(23)26)12-16(25)21-5-3-20(4-6-21)9-10-24/h1-2,11,24H,3-10,12H2. The van der Waals surface area contributed by atoms with E-state index in [-0.39, 0.29) is 30.8 Å². The lowest BCUT2D eigenvalue weighted by molar-refractivity contribution is -0.133. The monoisotopic (exact) mass is 368 g/mol. The van der Waals surface area contributed by atoms with Crippen molar-refractivity contribution in [2.24, 2.45) is 0 Å². The molecule has 0 saturated carbocycles. The van der Waals surface area contributed by atoms with Gasteiger partial charge in [0.25, 0.3) is 0 Å². The summed E-state index contributed by atoms with van der Waals surface area (Å²) in [4.78, 5) is 31.5. The molecule has 0 radical (unpaired) electrons. The van der Waals surface area contributed by atoms with Crippen molar-refractivity contribution in [1.82, 2.24) is 14.7 Å². The Morgan fingerprint density at radius 1 is 1.04 bits per heavy atom. The maximum absolute atomic E-state index is 13.4. The van der Waals surface area contributed by atoms with Crippen LogP contribution >= 0.6 is 0 Å². The van der Waals surface area contributed by atoms with E-state index >= 15 is 0 Å². The maximum Gasteiger partial charge on any atom is 0.325 e. The zero-order chi connectivity index (χ0) is 18.7. The Labute approximate surface area is 150 Å². The first-order chi connectivity index (χ1) is 12.5. The number of anilines is 1. The third-order valence-electron chi connectivity index (χ3n) is 4.78. The number of piperazine rings is 1. The molecule has 0 unspecified atom stereocenters. The number of benzene rings is 1. The van der Waals surface area contributed by atoms with Gasteiger partial charge in [0.15, 0.2) is 11.6 Å². The van der Waals surface area contributed by atoms with E-state index in [0.29, 0.717) is 45.8 Å². The first-order valence-electron chi connectivity index (χ1n) is 8.62. The van der Waals surface area contributed by atoms with Crippen molar-refractivity contribution in [2.45, 2.75) is 0 Å². The molecule has 0 aliphatic carbocycles. The van der Waals surface area contributed by atoms with Gasteiger partial charge >= 0.3 is 6.03 Å². The zero-order valence-corrected chi connectivity index (χ0v) is 14.4. The van der Waals surface area contributed by atoms with E-state index in [2.05, 4.69) is 4.90 Å². The highest BCUT2D eigenvalue weighted by Crippen LogP contribution is 2.22. The number of β-amino-alcohol motifs (C(OH)–C–C–N with tert-alkyl or cyclic N) is 1. The van der Waals surface area contributed by atoms with Crippen molar-refractivity contribution in [3.05, 3.63) is 29.8 Å². The van der Waals surface area contributed by atoms with Crippen LogP contribution in [0, 0.1) is 11.6 Å². The van der Waals surface area contributed by atoms with E-state index in [9.17, 15) is 18.4 Å². The molecule has 2 heterocycles. The number of aliphatic hydroxyl groups excluding tert-OH is 1. The lowest BCUT2D eigenvalue weighted by atomic mass is 10.3. The molecule has 9 heteroatoms. The molecule has 2 aliphatic heterocycles. The number of urea groups is 1. The molecule has 0 bridgehead atoms. The van der Waals surface area contributed by atoms with Crippen LogP contribution in [0.4, 0.5) is 19.3 Å². The molecule has 2 fully saturated rings. The van der Waals surface area contributed by atoms with Crippen LogP contribution < -0.4 is 4.90 Å². The molecule has 1 aromatic carbocycles. The molecule has 26 heavy (non-hydrogen) atoms. The number of aliphatic hydroxyl groups is 1. The van der Waals surface area contributed by atoms with Gasteiger partial charge in [-0.1, -0.05) is 0 Å². The van der Waals surface area contributed by atoms with Crippen LogP contribution in [0.5, 0.6) is 0 Å². The summed E-state index contributed by atoms with van der Waals surface area (Å²) >= 11 is 0. The molecule has 1 N–H and O–H groups in total. The van der Waals surface area contributed by atoms with Gasteiger partial charge in [-0.05, 0) is 12.1 Å². The average Bonchev–Trinajstić information content (AvgIpc) is 2.99. The number of halogens is 2. The van der Waals surface area contributed by atoms with Crippen LogP contribution in [-0.2, 0) is 4.79 Å². The minimum atomic E-state index is -1.01. The molecular formula is C17H22F2N4O3. The van der Waals surface area contributed by atoms with Crippen LogP contribution in [0.1, 0.15) is 0 Å². The summed E-state index contributed by atoms with van der Waals surface area (Å²) in [5.41, 5.74) is 0.279. The smallest absolute Gasteiger partial charge is 0.325 e. The molecule has 3 amide bonds. The highest BCUT2D eigenvalue weighted by atomic mass is 19.2. The number of carbonyl (C=O) groups is 2. The minimum Gasteiger partial charge on any atom is -0.395 e. The lowest BCUT2D eigenvalue weighted by Gasteiger charge is -2.35. The number of amides is 3. The molecule has 7 nitrogen and oxygen atoms in total.